The Hall–Kier alpha value is -1.19. The van der Waals surface area contributed by atoms with Crippen molar-refractivity contribution in [2.24, 2.45) is 5.92 Å². The summed E-state index contributed by atoms with van der Waals surface area (Å²) in [6.07, 6.45) is 8.72. The molecule has 0 fully saturated rings. The molecule has 0 bridgehead atoms. The van der Waals surface area contributed by atoms with Gasteiger partial charge in [-0.25, -0.2) is 0 Å². The Bertz CT molecular complexity index is 564. The molecule has 104 valence electrons. The number of anilines is 1. The van der Waals surface area contributed by atoms with E-state index in [0.29, 0.717) is 16.2 Å². The van der Waals surface area contributed by atoms with Gasteiger partial charge in [-0.3, -0.25) is 4.79 Å². The van der Waals surface area contributed by atoms with Crippen molar-refractivity contribution >= 4 is 35.3 Å². The summed E-state index contributed by atoms with van der Waals surface area (Å²) in [5.41, 5.74) is 1.86. The van der Waals surface area contributed by atoms with Gasteiger partial charge in [-0.1, -0.05) is 23.8 Å². The largest absolute Gasteiger partial charge is 0.350 e. The van der Waals surface area contributed by atoms with Crippen molar-refractivity contribution < 1.29 is 4.79 Å². The minimum atomic E-state index is 0.488. The Morgan fingerprint density at radius 3 is 2.85 bits per heavy atom. The Labute approximate surface area is 128 Å². The van der Waals surface area contributed by atoms with Crippen LogP contribution in [0.5, 0.6) is 0 Å². The molecular formula is C16H16ClNOS. The molecule has 1 N–H and O–H groups in total. The van der Waals surface area contributed by atoms with E-state index in [2.05, 4.69) is 17.5 Å². The Morgan fingerprint density at radius 1 is 1.30 bits per heavy atom. The first kappa shape index (κ1) is 13.8. The molecule has 0 spiro atoms. The number of fused-ring (bicyclic) bond motifs is 1. The molecule has 2 atom stereocenters. The number of allylic oxidation sites excluding steroid dienone is 2. The normalized spacial score (nSPS) is 25.2. The Balaban J connectivity index is 1.82. The molecule has 2 aliphatic rings. The van der Waals surface area contributed by atoms with Crippen LogP contribution in [0.1, 0.15) is 19.3 Å². The van der Waals surface area contributed by atoms with Gasteiger partial charge in [0.1, 0.15) is 6.29 Å². The predicted octanol–water partition coefficient (Wildman–Crippen LogP) is 4.63. The number of rotatable bonds is 3. The van der Waals surface area contributed by atoms with E-state index in [0.717, 1.165) is 35.4 Å². The number of aldehydes is 1. The number of thioether (sulfide) groups is 1. The zero-order valence-electron chi connectivity index (χ0n) is 11.0. The standard InChI is InChI=1S/C16H16ClNOS/c17-13-5-7-14(8-6-13)18-16-12(10-19)9-11-3-1-2-4-15(11)20-16/h2,4-8,10-11,15,18H,1,3,9H2. The summed E-state index contributed by atoms with van der Waals surface area (Å²) in [5, 5.41) is 5.55. The third-order valence-electron chi connectivity index (χ3n) is 3.77. The second kappa shape index (κ2) is 6.06. The number of benzene rings is 1. The van der Waals surface area contributed by atoms with Gasteiger partial charge in [-0.2, -0.15) is 0 Å². The minimum absolute atomic E-state index is 0.488. The van der Waals surface area contributed by atoms with Crippen LogP contribution in [0.4, 0.5) is 5.69 Å². The molecule has 3 rings (SSSR count). The molecule has 1 aromatic carbocycles. The van der Waals surface area contributed by atoms with E-state index in [1.54, 1.807) is 11.8 Å². The summed E-state index contributed by atoms with van der Waals surface area (Å²) in [7, 11) is 0. The van der Waals surface area contributed by atoms with E-state index < -0.39 is 0 Å². The molecule has 0 saturated carbocycles. The fourth-order valence-corrected chi connectivity index (χ4v) is 4.15. The summed E-state index contributed by atoms with van der Waals surface area (Å²) >= 11 is 7.66. The third kappa shape index (κ3) is 2.94. The van der Waals surface area contributed by atoms with Crippen LogP contribution in [0.2, 0.25) is 5.02 Å². The summed E-state index contributed by atoms with van der Waals surface area (Å²) in [5.74, 6) is 0.598. The van der Waals surface area contributed by atoms with Gasteiger partial charge < -0.3 is 5.32 Å². The molecule has 1 aromatic rings. The van der Waals surface area contributed by atoms with Gasteiger partial charge in [0.15, 0.2) is 0 Å². The first-order valence-corrected chi connectivity index (χ1v) is 8.06. The van der Waals surface area contributed by atoms with E-state index >= 15 is 0 Å². The smallest absolute Gasteiger partial charge is 0.148 e. The maximum Gasteiger partial charge on any atom is 0.148 e. The topological polar surface area (TPSA) is 29.1 Å². The maximum absolute atomic E-state index is 11.3. The van der Waals surface area contributed by atoms with Crippen molar-refractivity contribution in [2.75, 3.05) is 5.32 Å². The molecule has 0 aromatic heterocycles. The lowest BCUT2D eigenvalue weighted by Crippen LogP contribution is -2.25. The first-order chi connectivity index (χ1) is 9.76. The lowest BCUT2D eigenvalue weighted by atomic mass is 9.88. The molecule has 0 saturated heterocycles. The van der Waals surface area contributed by atoms with Gasteiger partial charge in [-0.05, 0) is 49.4 Å². The molecule has 2 nitrogen and oxygen atoms in total. The highest BCUT2D eigenvalue weighted by Gasteiger charge is 2.30. The molecule has 0 amide bonds. The van der Waals surface area contributed by atoms with Crippen molar-refractivity contribution in [1.29, 1.82) is 0 Å². The third-order valence-corrected chi connectivity index (χ3v) is 5.43. The first-order valence-electron chi connectivity index (χ1n) is 6.80. The van der Waals surface area contributed by atoms with Crippen molar-refractivity contribution in [2.45, 2.75) is 24.5 Å². The van der Waals surface area contributed by atoms with Gasteiger partial charge >= 0.3 is 0 Å². The van der Waals surface area contributed by atoms with Crippen molar-refractivity contribution in [3.8, 4) is 0 Å². The van der Waals surface area contributed by atoms with E-state index in [1.165, 1.54) is 6.42 Å². The second-order valence-corrected chi connectivity index (χ2v) is 6.78. The van der Waals surface area contributed by atoms with Gasteiger partial charge in [0.2, 0.25) is 0 Å². The maximum atomic E-state index is 11.3. The molecule has 1 aliphatic heterocycles. The summed E-state index contributed by atoms with van der Waals surface area (Å²) in [6.45, 7) is 0. The van der Waals surface area contributed by atoms with Crippen LogP contribution in [0.25, 0.3) is 0 Å². The highest BCUT2D eigenvalue weighted by Crippen LogP contribution is 2.43. The number of carbonyl (C=O) groups is 1. The number of hydrogen-bond acceptors (Lipinski definition) is 3. The Morgan fingerprint density at radius 2 is 2.10 bits per heavy atom. The van der Waals surface area contributed by atoms with Crippen LogP contribution in [-0.2, 0) is 4.79 Å². The van der Waals surface area contributed by atoms with Gasteiger partial charge in [0, 0.05) is 21.5 Å². The molecule has 0 radical (unpaired) electrons. The van der Waals surface area contributed by atoms with E-state index in [-0.39, 0.29) is 0 Å². The van der Waals surface area contributed by atoms with Crippen LogP contribution in [-0.4, -0.2) is 11.5 Å². The Kier molecular flexibility index (Phi) is 4.18. The number of hydrogen-bond donors (Lipinski definition) is 1. The predicted molar refractivity (Wildman–Crippen MR) is 86.0 cm³/mol. The van der Waals surface area contributed by atoms with Crippen LogP contribution in [0.15, 0.2) is 47.0 Å². The van der Waals surface area contributed by atoms with Crippen molar-refractivity contribution in [3.05, 3.63) is 52.0 Å². The summed E-state index contributed by atoms with van der Waals surface area (Å²) in [6, 6.07) is 7.56. The molecular weight excluding hydrogens is 290 g/mol. The number of halogens is 1. The fourth-order valence-electron chi connectivity index (χ4n) is 2.68. The number of nitrogens with one attached hydrogen (secondary N) is 1. The van der Waals surface area contributed by atoms with Crippen molar-refractivity contribution in [3.63, 3.8) is 0 Å². The van der Waals surface area contributed by atoms with E-state index in [9.17, 15) is 4.79 Å². The highest BCUT2D eigenvalue weighted by molar-refractivity contribution is 8.04. The van der Waals surface area contributed by atoms with Gasteiger partial charge in [0.25, 0.3) is 0 Å². The van der Waals surface area contributed by atoms with Crippen LogP contribution in [0.3, 0.4) is 0 Å². The molecule has 1 aliphatic carbocycles. The van der Waals surface area contributed by atoms with Crippen LogP contribution >= 0.6 is 23.4 Å². The molecule has 4 heteroatoms. The molecule has 20 heavy (non-hydrogen) atoms. The van der Waals surface area contributed by atoms with Gasteiger partial charge in [-0.15, -0.1) is 11.8 Å². The van der Waals surface area contributed by atoms with Crippen LogP contribution in [0, 0.1) is 5.92 Å². The quantitative estimate of drug-likeness (QED) is 0.652. The average Bonchev–Trinajstić information content (AvgIpc) is 2.49. The lowest BCUT2D eigenvalue weighted by molar-refractivity contribution is -0.105. The highest BCUT2D eigenvalue weighted by atomic mass is 35.5. The lowest BCUT2D eigenvalue weighted by Gasteiger charge is -2.33. The molecule has 2 unspecified atom stereocenters. The number of carbonyl (C=O) groups excluding carboxylic acids is 1. The molecule has 1 heterocycles. The summed E-state index contributed by atoms with van der Waals surface area (Å²) < 4.78 is 0. The average molecular weight is 306 g/mol. The SMILES string of the molecule is O=CC1=C(Nc2ccc(Cl)cc2)SC2C=CCCC2C1. The van der Waals surface area contributed by atoms with E-state index in [1.807, 2.05) is 24.3 Å². The van der Waals surface area contributed by atoms with Crippen LogP contribution < -0.4 is 5.32 Å². The zero-order chi connectivity index (χ0) is 13.9. The second-order valence-electron chi connectivity index (χ2n) is 5.16. The van der Waals surface area contributed by atoms with E-state index in [4.69, 9.17) is 11.6 Å². The minimum Gasteiger partial charge on any atom is -0.350 e. The van der Waals surface area contributed by atoms with Crippen molar-refractivity contribution in [1.82, 2.24) is 0 Å². The fraction of sp³-hybridized carbons (Fsp3) is 0.312. The zero-order valence-corrected chi connectivity index (χ0v) is 12.6. The monoisotopic (exact) mass is 305 g/mol. The van der Waals surface area contributed by atoms with Gasteiger partial charge in [0.05, 0.1) is 5.03 Å². The summed E-state index contributed by atoms with van der Waals surface area (Å²) in [4.78, 5) is 11.3.